The second-order valence-corrected chi connectivity index (χ2v) is 3.91. The van der Waals surface area contributed by atoms with Crippen LogP contribution < -0.4 is 5.32 Å². The highest BCUT2D eigenvalue weighted by Gasteiger charge is 2.47. The largest absolute Gasteiger partial charge is 0.465 e. The van der Waals surface area contributed by atoms with Crippen LogP contribution in [0.2, 0.25) is 0 Å². The van der Waals surface area contributed by atoms with Gasteiger partial charge >= 0.3 is 5.97 Å². The molecule has 1 saturated heterocycles. The highest BCUT2D eigenvalue weighted by molar-refractivity contribution is 5.87. The SMILES string of the molecule is CCOC(=O)[C@@H]1NC[C@H]2C(=O)CC[C@H]21. The summed E-state index contributed by atoms with van der Waals surface area (Å²) < 4.78 is 4.96. The number of carbonyl (C=O) groups is 2. The van der Waals surface area contributed by atoms with Crippen molar-refractivity contribution in [2.45, 2.75) is 25.8 Å². The number of carbonyl (C=O) groups excluding carboxylic acids is 2. The lowest BCUT2D eigenvalue weighted by atomic mass is 9.94. The number of nitrogens with one attached hydrogen (secondary N) is 1. The highest BCUT2D eigenvalue weighted by atomic mass is 16.5. The second kappa shape index (κ2) is 3.69. The van der Waals surface area contributed by atoms with E-state index in [-0.39, 0.29) is 23.8 Å². The number of hydrogen-bond acceptors (Lipinski definition) is 4. The van der Waals surface area contributed by atoms with E-state index >= 15 is 0 Å². The summed E-state index contributed by atoms with van der Waals surface area (Å²) in [6.07, 6.45) is 1.47. The summed E-state index contributed by atoms with van der Waals surface area (Å²) in [6.45, 7) is 2.85. The van der Waals surface area contributed by atoms with Crippen LogP contribution in [0.5, 0.6) is 0 Å². The Morgan fingerprint density at radius 1 is 1.64 bits per heavy atom. The first-order valence-corrected chi connectivity index (χ1v) is 5.16. The van der Waals surface area contributed by atoms with E-state index < -0.39 is 0 Å². The minimum atomic E-state index is -0.244. The predicted octanol–water partition coefficient (Wildman–Crippen LogP) is 0.117. The molecule has 2 rings (SSSR count). The summed E-state index contributed by atoms with van der Waals surface area (Å²) >= 11 is 0. The Bertz CT molecular complexity index is 264. The predicted molar refractivity (Wildman–Crippen MR) is 49.6 cm³/mol. The summed E-state index contributed by atoms with van der Waals surface area (Å²) in [6, 6.07) is -0.244. The Hall–Kier alpha value is -0.900. The maximum Gasteiger partial charge on any atom is 0.323 e. The third-order valence-electron chi connectivity index (χ3n) is 3.18. The van der Waals surface area contributed by atoms with E-state index in [4.69, 9.17) is 4.74 Å². The standard InChI is InChI=1S/C10H15NO3/c1-2-14-10(13)9-6-3-4-8(12)7(6)5-11-9/h6-7,9,11H,2-5H2,1H3/t6-,7-,9-/m1/s1. The summed E-state index contributed by atoms with van der Waals surface area (Å²) in [4.78, 5) is 22.9. The maximum absolute atomic E-state index is 11.5. The molecule has 4 heteroatoms. The molecule has 0 amide bonds. The first-order chi connectivity index (χ1) is 6.74. The first kappa shape index (κ1) is 9.65. The van der Waals surface area contributed by atoms with Crippen LogP contribution in [0.3, 0.4) is 0 Å². The van der Waals surface area contributed by atoms with Crippen LogP contribution in [0, 0.1) is 11.8 Å². The van der Waals surface area contributed by atoms with Crippen molar-refractivity contribution >= 4 is 11.8 Å². The number of esters is 1. The highest BCUT2D eigenvalue weighted by Crippen LogP contribution is 2.35. The molecule has 0 aromatic heterocycles. The van der Waals surface area contributed by atoms with Gasteiger partial charge in [0.05, 0.1) is 6.61 Å². The van der Waals surface area contributed by atoms with Gasteiger partial charge in [-0.25, -0.2) is 0 Å². The molecule has 2 aliphatic rings. The molecule has 0 unspecified atom stereocenters. The zero-order valence-corrected chi connectivity index (χ0v) is 8.29. The molecule has 0 aromatic carbocycles. The fourth-order valence-corrected chi connectivity index (χ4v) is 2.49. The first-order valence-electron chi connectivity index (χ1n) is 5.16. The van der Waals surface area contributed by atoms with E-state index in [9.17, 15) is 9.59 Å². The number of ether oxygens (including phenoxy) is 1. The Labute approximate surface area is 83.0 Å². The molecule has 78 valence electrons. The Morgan fingerprint density at radius 2 is 2.43 bits per heavy atom. The zero-order chi connectivity index (χ0) is 10.1. The average molecular weight is 197 g/mol. The van der Waals surface area contributed by atoms with Crippen LogP contribution in [-0.4, -0.2) is 30.9 Å². The van der Waals surface area contributed by atoms with Gasteiger partial charge in [-0.2, -0.15) is 0 Å². The Morgan fingerprint density at radius 3 is 3.14 bits per heavy atom. The molecule has 4 nitrogen and oxygen atoms in total. The number of hydrogen-bond donors (Lipinski definition) is 1. The topological polar surface area (TPSA) is 55.4 Å². The van der Waals surface area contributed by atoms with Gasteiger partial charge in [-0.3, -0.25) is 9.59 Å². The van der Waals surface area contributed by atoms with Gasteiger partial charge in [0, 0.05) is 18.9 Å². The van der Waals surface area contributed by atoms with Gasteiger partial charge in [0.2, 0.25) is 0 Å². The average Bonchev–Trinajstić information content (AvgIpc) is 2.69. The minimum absolute atomic E-state index is 0.0596. The van der Waals surface area contributed by atoms with Crippen LogP contribution >= 0.6 is 0 Å². The van der Waals surface area contributed by atoms with E-state index in [1.165, 1.54) is 0 Å². The minimum Gasteiger partial charge on any atom is -0.465 e. The Kier molecular flexibility index (Phi) is 2.54. The van der Waals surface area contributed by atoms with Crippen molar-refractivity contribution in [2.24, 2.45) is 11.8 Å². The van der Waals surface area contributed by atoms with E-state index in [0.717, 1.165) is 6.42 Å². The molecule has 1 heterocycles. The van der Waals surface area contributed by atoms with Crippen molar-refractivity contribution in [3.8, 4) is 0 Å². The van der Waals surface area contributed by atoms with E-state index in [1.54, 1.807) is 6.92 Å². The zero-order valence-electron chi connectivity index (χ0n) is 8.29. The molecule has 0 spiro atoms. The lowest BCUT2D eigenvalue weighted by Gasteiger charge is -2.15. The van der Waals surface area contributed by atoms with Gasteiger partial charge in [-0.15, -0.1) is 0 Å². The monoisotopic (exact) mass is 197 g/mol. The maximum atomic E-state index is 11.5. The van der Waals surface area contributed by atoms with Crippen molar-refractivity contribution in [1.29, 1.82) is 0 Å². The van der Waals surface area contributed by atoms with Crippen molar-refractivity contribution in [2.75, 3.05) is 13.2 Å². The van der Waals surface area contributed by atoms with Crippen molar-refractivity contribution in [3.05, 3.63) is 0 Å². The smallest absolute Gasteiger partial charge is 0.323 e. The summed E-state index contributed by atoms with van der Waals surface area (Å²) in [5.74, 6) is 0.343. The molecule has 1 aliphatic carbocycles. The molecule has 0 aromatic rings. The van der Waals surface area contributed by atoms with E-state index in [0.29, 0.717) is 25.4 Å². The van der Waals surface area contributed by atoms with Gasteiger partial charge in [-0.1, -0.05) is 0 Å². The van der Waals surface area contributed by atoms with Gasteiger partial charge in [0.25, 0.3) is 0 Å². The number of rotatable bonds is 2. The quantitative estimate of drug-likeness (QED) is 0.639. The molecule has 14 heavy (non-hydrogen) atoms. The van der Waals surface area contributed by atoms with Crippen LogP contribution in [0.4, 0.5) is 0 Å². The molecule has 0 bridgehead atoms. The lowest BCUT2D eigenvalue weighted by Crippen LogP contribution is -2.37. The van der Waals surface area contributed by atoms with Gasteiger partial charge in [0.15, 0.2) is 0 Å². The van der Waals surface area contributed by atoms with Crippen molar-refractivity contribution in [1.82, 2.24) is 5.32 Å². The molecule has 3 atom stereocenters. The van der Waals surface area contributed by atoms with Crippen LogP contribution in [-0.2, 0) is 14.3 Å². The van der Waals surface area contributed by atoms with Crippen molar-refractivity contribution < 1.29 is 14.3 Å². The van der Waals surface area contributed by atoms with E-state index in [2.05, 4.69) is 5.32 Å². The van der Waals surface area contributed by atoms with Gasteiger partial charge in [0.1, 0.15) is 11.8 Å². The number of ketones is 1. The van der Waals surface area contributed by atoms with Crippen LogP contribution in [0.15, 0.2) is 0 Å². The Balaban J connectivity index is 2.03. The summed E-state index contributed by atoms with van der Waals surface area (Å²) in [7, 11) is 0. The second-order valence-electron chi connectivity index (χ2n) is 3.91. The third-order valence-corrected chi connectivity index (χ3v) is 3.18. The molecule has 1 aliphatic heterocycles. The van der Waals surface area contributed by atoms with E-state index in [1.807, 2.05) is 0 Å². The fraction of sp³-hybridized carbons (Fsp3) is 0.800. The lowest BCUT2D eigenvalue weighted by molar-refractivity contribution is -0.146. The number of fused-ring (bicyclic) bond motifs is 1. The fourth-order valence-electron chi connectivity index (χ4n) is 2.49. The van der Waals surface area contributed by atoms with Gasteiger partial charge in [-0.05, 0) is 19.3 Å². The third kappa shape index (κ3) is 1.43. The number of Topliss-reactive ketones (excluding diaryl/α,β-unsaturated/α-hetero) is 1. The summed E-state index contributed by atoms with van der Waals surface area (Å²) in [5, 5.41) is 3.08. The molecule has 1 N–H and O–H groups in total. The molecule has 0 radical (unpaired) electrons. The molecule has 2 fully saturated rings. The van der Waals surface area contributed by atoms with Crippen LogP contribution in [0.25, 0.3) is 0 Å². The van der Waals surface area contributed by atoms with Gasteiger partial charge < -0.3 is 10.1 Å². The van der Waals surface area contributed by atoms with Crippen molar-refractivity contribution in [3.63, 3.8) is 0 Å². The molecular weight excluding hydrogens is 182 g/mol. The van der Waals surface area contributed by atoms with Crippen LogP contribution in [0.1, 0.15) is 19.8 Å². The normalized spacial score (nSPS) is 35.8. The summed E-state index contributed by atoms with van der Waals surface area (Å²) in [5.41, 5.74) is 0. The molecule has 1 saturated carbocycles. The molecular formula is C10H15NO3.